The van der Waals surface area contributed by atoms with Crippen molar-refractivity contribution in [1.29, 1.82) is 0 Å². The quantitative estimate of drug-likeness (QED) is 0.853. The van der Waals surface area contributed by atoms with Crippen LogP contribution in [-0.2, 0) is 20.8 Å². The largest absolute Gasteiger partial charge is 0.383 e. The van der Waals surface area contributed by atoms with Gasteiger partial charge in [0.05, 0.1) is 44.3 Å². The topological polar surface area (TPSA) is 57.5 Å². The van der Waals surface area contributed by atoms with Crippen LogP contribution in [0, 0.1) is 0 Å². The van der Waals surface area contributed by atoms with Gasteiger partial charge in [0, 0.05) is 13.3 Å². The molecule has 1 aromatic rings. The van der Waals surface area contributed by atoms with Crippen molar-refractivity contribution in [3.63, 3.8) is 0 Å². The monoisotopic (exact) mass is 255 g/mol. The van der Waals surface area contributed by atoms with E-state index in [0.29, 0.717) is 19.8 Å². The maximum absolute atomic E-state index is 5.59. The Hall–Kier alpha value is -1.11. The molecule has 2 heterocycles. The third-order valence-corrected chi connectivity index (χ3v) is 2.79. The van der Waals surface area contributed by atoms with E-state index >= 15 is 0 Å². The molecule has 2 rings (SSSR count). The molecule has 0 atom stereocenters. The minimum Gasteiger partial charge on any atom is -0.383 e. The van der Waals surface area contributed by atoms with E-state index in [4.69, 9.17) is 14.2 Å². The van der Waals surface area contributed by atoms with Crippen LogP contribution in [0.1, 0.15) is 13.8 Å². The SMILES string of the molecule is COCCn1cc(NC2COC(C)(C)OC2)cn1. The molecule has 6 heteroatoms. The first-order valence-corrected chi connectivity index (χ1v) is 6.15. The lowest BCUT2D eigenvalue weighted by Gasteiger charge is -2.35. The highest BCUT2D eigenvalue weighted by Gasteiger charge is 2.28. The molecular formula is C12H21N3O3. The standard InChI is InChI=1S/C12H21N3O3/c1-12(2)17-8-11(9-18-12)14-10-6-13-15(7-10)4-5-16-3/h6-7,11,14H,4-5,8-9H2,1-3H3. The minimum absolute atomic E-state index is 0.165. The second-order valence-corrected chi connectivity index (χ2v) is 4.85. The molecule has 18 heavy (non-hydrogen) atoms. The van der Waals surface area contributed by atoms with Crippen molar-refractivity contribution >= 4 is 5.69 Å². The van der Waals surface area contributed by atoms with Gasteiger partial charge in [-0.3, -0.25) is 4.68 Å². The molecule has 102 valence electrons. The number of aromatic nitrogens is 2. The molecule has 0 bridgehead atoms. The van der Waals surface area contributed by atoms with Crippen LogP contribution in [0.15, 0.2) is 12.4 Å². The van der Waals surface area contributed by atoms with E-state index in [1.165, 1.54) is 0 Å². The minimum atomic E-state index is -0.471. The zero-order valence-electron chi connectivity index (χ0n) is 11.2. The van der Waals surface area contributed by atoms with Gasteiger partial charge >= 0.3 is 0 Å². The number of methoxy groups -OCH3 is 1. The van der Waals surface area contributed by atoms with Gasteiger partial charge in [-0.25, -0.2) is 0 Å². The van der Waals surface area contributed by atoms with Crippen LogP contribution >= 0.6 is 0 Å². The summed E-state index contributed by atoms with van der Waals surface area (Å²) < 4.78 is 18.0. The molecule has 0 saturated carbocycles. The predicted octanol–water partition coefficient (Wildman–Crippen LogP) is 1.09. The molecule has 0 spiro atoms. The molecule has 0 amide bonds. The Morgan fingerprint density at radius 3 is 2.89 bits per heavy atom. The number of hydrogen-bond acceptors (Lipinski definition) is 5. The summed E-state index contributed by atoms with van der Waals surface area (Å²) in [5, 5.41) is 7.58. The van der Waals surface area contributed by atoms with E-state index in [1.807, 2.05) is 24.7 Å². The smallest absolute Gasteiger partial charge is 0.162 e. The van der Waals surface area contributed by atoms with Crippen LogP contribution < -0.4 is 5.32 Å². The maximum Gasteiger partial charge on any atom is 0.162 e. The van der Waals surface area contributed by atoms with Gasteiger partial charge in [-0.1, -0.05) is 0 Å². The van der Waals surface area contributed by atoms with Crippen molar-refractivity contribution in [2.24, 2.45) is 0 Å². The molecule has 1 aliphatic rings. The summed E-state index contributed by atoms with van der Waals surface area (Å²) in [6.45, 7) is 6.53. The van der Waals surface area contributed by atoms with E-state index in [-0.39, 0.29) is 6.04 Å². The van der Waals surface area contributed by atoms with Crippen molar-refractivity contribution in [1.82, 2.24) is 9.78 Å². The Morgan fingerprint density at radius 2 is 2.22 bits per heavy atom. The van der Waals surface area contributed by atoms with E-state index < -0.39 is 5.79 Å². The van der Waals surface area contributed by atoms with Gasteiger partial charge in [0.15, 0.2) is 5.79 Å². The van der Waals surface area contributed by atoms with Crippen molar-refractivity contribution in [3.05, 3.63) is 12.4 Å². The summed E-state index contributed by atoms with van der Waals surface area (Å²) in [7, 11) is 1.68. The summed E-state index contributed by atoms with van der Waals surface area (Å²) in [5.41, 5.74) is 0.975. The fourth-order valence-electron chi connectivity index (χ4n) is 1.76. The zero-order chi connectivity index (χ0) is 13.0. The maximum atomic E-state index is 5.59. The predicted molar refractivity (Wildman–Crippen MR) is 67.5 cm³/mol. The van der Waals surface area contributed by atoms with Gasteiger partial charge in [-0.15, -0.1) is 0 Å². The van der Waals surface area contributed by atoms with Gasteiger partial charge in [-0.2, -0.15) is 5.10 Å². The van der Waals surface area contributed by atoms with Crippen molar-refractivity contribution in [2.45, 2.75) is 32.2 Å². The van der Waals surface area contributed by atoms with E-state index in [0.717, 1.165) is 12.2 Å². The molecule has 0 aromatic carbocycles. The lowest BCUT2D eigenvalue weighted by Crippen LogP contribution is -2.45. The highest BCUT2D eigenvalue weighted by molar-refractivity contribution is 5.39. The third kappa shape index (κ3) is 3.69. The first kappa shape index (κ1) is 13.3. The Morgan fingerprint density at radius 1 is 1.50 bits per heavy atom. The van der Waals surface area contributed by atoms with Crippen molar-refractivity contribution < 1.29 is 14.2 Å². The van der Waals surface area contributed by atoms with Crippen molar-refractivity contribution in [3.8, 4) is 0 Å². The van der Waals surface area contributed by atoms with E-state index in [2.05, 4.69) is 10.4 Å². The van der Waals surface area contributed by atoms with Gasteiger partial charge < -0.3 is 19.5 Å². The summed E-state index contributed by atoms with van der Waals surface area (Å²) in [4.78, 5) is 0. The first-order chi connectivity index (χ1) is 8.59. The Bertz CT molecular complexity index is 368. The van der Waals surface area contributed by atoms with Crippen LogP contribution in [0.4, 0.5) is 5.69 Å². The summed E-state index contributed by atoms with van der Waals surface area (Å²) >= 11 is 0. The molecule has 0 unspecified atom stereocenters. The lowest BCUT2D eigenvalue weighted by atomic mass is 10.2. The van der Waals surface area contributed by atoms with Crippen molar-refractivity contribution in [2.75, 3.05) is 32.2 Å². The van der Waals surface area contributed by atoms with Crippen LogP contribution in [0.3, 0.4) is 0 Å². The molecule has 6 nitrogen and oxygen atoms in total. The normalized spacial score (nSPS) is 19.9. The Labute approximate surface area is 107 Å². The average molecular weight is 255 g/mol. The summed E-state index contributed by atoms with van der Waals surface area (Å²) in [5.74, 6) is -0.471. The Balaban J connectivity index is 1.81. The molecular weight excluding hydrogens is 234 g/mol. The number of nitrogens with one attached hydrogen (secondary N) is 1. The molecule has 1 N–H and O–H groups in total. The zero-order valence-corrected chi connectivity index (χ0v) is 11.2. The molecule has 1 aliphatic heterocycles. The van der Waals surface area contributed by atoms with Crippen LogP contribution in [0.5, 0.6) is 0 Å². The molecule has 1 aromatic heterocycles. The molecule has 1 fully saturated rings. The molecule has 0 aliphatic carbocycles. The third-order valence-electron chi connectivity index (χ3n) is 2.79. The first-order valence-electron chi connectivity index (χ1n) is 6.15. The van der Waals surface area contributed by atoms with Gasteiger partial charge in [-0.05, 0) is 13.8 Å². The van der Waals surface area contributed by atoms with E-state index in [9.17, 15) is 0 Å². The van der Waals surface area contributed by atoms with Crippen LogP contribution in [0.25, 0.3) is 0 Å². The number of ether oxygens (including phenoxy) is 3. The number of nitrogens with zero attached hydrogens (tertiary/aromatic N) is 2. The van der Waals surface area contributed by atoms with Gasteiger partial charge in [0.2, 0.25) is 0 Å². The molecule has 0 radical (unpaired) electrons. The summed E-state index contributed by atoms with van der Waals surface area (Å²) in [6.07, 6.45) is 3.76. The second kappa shape index (κ2) is 5.69. The number of anilines is 1. The molecule has 1 saturated heterocycles. The number of rotatable bonds is 5. The lowest BCUT2D eigenvalue weighted by molar-refractivity contribution is -0.247. The van der Waals surface area contributed by atoms with E-state index in [1.54, 1.807) is 13.3 Å². The van der Waals surface area contributed by atoms with Gasteiger partial charge in [0.25, 0.3) is 0 Å². The highest BCUT2D eigenvalue weighted by Crippen LogP contribution is 2.19. The number of hydrogen-bond donors (Lipinski definition) is 1. The summed E-state index contributed by atoms with van der Waals surface area (Å²) in [6, 6.07) is 0.165. The average Bonchev–Trinajstić information content (AvgIpc) is 2.77. The fraction of sp³-hybridized carbons (Fsp3) is 0.750. The Kier molecular flexibility index (Phi) is 4.21. The highest BCUT2D eigenvalue weighted by atomic mass is 16.7. The fourth-order valence-corrected chi connectivity index (χ4v) is 1.76. The van der Waals surface area contributed by atoms with Gasteiger partial charge in [0.1, 0.15) is 0 Å². The second-order valence-electron chi connectivity index (χ2n) is 4.85. The van der Waals surface area contributed by atoms with Crippen LogP contribution in [0.2, 0.25) is 0 Å². The van der Waals surface area contributed by atoms with Crippen LogP contribution in [-0.4, -0.2) is 48.5 Å².